The Hall–Kier alpha value is -3.26. The first-order valence-electron chi connectivity index (χ1n) is 10.6. The van der Waals surface area contributed by atoms with Crippen LogP contribution in [0.2, 0.25) is 5.02 Å². The van der Waals surface area contributed by atoms with Crippen molar-refractivity contribution >= 4 is 29.4 Å². The Labute approximate surface area is 198 Å². The van der Waals surface area contributed by atoms with Gasteiger partial charge in [-0.05, 0) is 48.2 Å². The Balaban J connectivity index is 1.66. The Kier molecular flexibility index (Phi) is 7.48. The van der Waals surface area contributed by atoms with Crippen LogP contribution in [0.1, 0.15) is 24.5 Å². The summed E-state index contributed by atoms with van der Waals surface area (Å²) in [5.41, 5.74) is 0.389. The third kappa shape index (κ3) is 4.90. The predicted octanol–water partition coefficient (Wildman–Crippen LogP) is 3.22. The molecule has 1 N–H and O–H groups in total. The fourth-order valence-corrected chi connectivity index (χ4v) is 3.98. The number of amides is 4. The van der Waals surface area contributed by atoms with Crippen molar-refractivity contribution < 1.29 is 23.9 Å². The van der Waals surface area contributed by atoms with E-state index in [1.54, 1.807) is 45.5 Å². The summed E-state index contributed by atoms with van der Waals surface area (Å²) in [4.78, 5) is 41.2. The van der Waals surface area contributed by atoms with Gasteiger partial charge in [-0.3, -0.25) is 14.5 Å². The highest BCUT2D eigenvalue weighted by Crippen LogP contribution is 2.33. The summed E-state index contributed by atoms with van der Waals surface area (Å²) in [5.74, 6) is 0.465. The first-order valence-corrected chi connectivity index (χ1v) is 11.0. The fraction of sp³-hybridized carbons (Fsp3) is 0.375. The number of ether oxygens (including phenoxy) is 2. The number of rotatable bonds is 9. The lowest BCUT2D eigenvalue weighted by atomic mass is 9.87. The van der Waals surface area contributed by atoms with E-state index < -0.39 is 17.5 Å². The van der Waals surface area contributed by atoms with Crippen molar-refractivity contribution in [1.29, 1.82) is 0 Å². The molecule has 3 rings (SSSR count). The SMILES string of the molecule is CC[C@]1(c2ccc(Cl)cc2)NC(=O)N(CC(=O)N(C)CCc2ccc(OC)c(OC)c2)C1=O. The van der Waals surface area contributed by atoms with Crippen LogP contribution in [0, 0.1) is 0 Å². The second kappa shape index (κ2) is 10.1. The molecular weight excluding hydrogens is 446 g/mol. The first kappa shape index (κ1) is 24.4. The summed E-state index contributed by atoms with van der Waals surface area (Å²) >= 11 is 5.96. The van der Waals surface area contributed by atoms with Gasteiger partial charge in [0.2, 0.25) is 5.91 Å². The van der Waals surface area contributed by atoms with E-state index in [1.165, 1.54) is 4.90 Å². The zero-order valence-electron chi connectivity index (χ0n) is 19.2. The van der Waals surface area contributed by atoms with Gasteiger partial charge in [-0.1, -0.05) is 36.7 Å². The number of benzene rings is 2. The van der Waals surface area contributed by atoms with Crippen LogP contribution in [0.15, 0.2) is 42.5 Å². The van der Waals surface area contributed by atoms with E-state index in [9.17, 15) is 14.4 Å². The van der Waals surface area contributed by atoms with Gasteiger partial charge in [-0.25, -0.2) is 4.79 Å². The van der Waals surface area contributed by atoms with E-state index >= 15 is 0 Å². The number of imide groups is 1. The van der Waals surface area contributed by atoms with Crippen molar-refractivity contribution in [2.75, 3.05) is 34.4 Å². The number of nitrogens with one attached hydrogen (secondary N) is 1. The second-order valence-electron chi connectivity index (χ2n) is 7.84. The van der Waals surface area contributed by atoms with Crippen molar-refractivity contribution in [3.8, 4) is 11.5 Å². The second-order valence-corrected chi connectivity index (χ2v) is 8.28. The molecule has 0 radical (unpaired) electrons. The molecule has 0 saturated carbocycles. The molecule has 1 aliphatic heterocycles. The number of methoxy groups -OCH3 is 2. The van der Waals surface area contributed by atoms with Gasteiger partial charge in [0.05, 0.1) is 14.2 Å². The lowest BCUT2D eigenvalue weighted by molar-refractivity contribution is -0.138. The largest absolute Gasteiger partial charge is 0.493 e. The van der Waals surface area contributed by atoms with E-state index in [0.29, 0.717) is 41.5 Å². The van der Waals surface area contributed by atoms with E-state index in [-0.39, 0.29) is 12.5 Å². The average Bonchev–Trinajstić information content (AvgIpc) is 3.07. The van der Waals surface area contributed by atoms with Crippen LogP contribution < -0.4 is 14.8 Å². The summed E-state index contributed by atoms with van der Waals surface area (Å²) in [5, 5.41) is 3.31. The number of nitrogens with zero attached hydrogens (tertiary/aromatic N) is 2. The number of hydrogen-bond donors (Lipinski definition) is 1. The lowest BCUT2D eigenvalue weighted by Gasteiger charge is -2.26. The number of carbonyl (C=O) groups excluding carboxylic acids is 3. The van der Waals surface area contributed by atoms with Gasteiger partial charge in [0.25, 0.3) is 5.91 Å². The molecule has 0 spiro atoms. The van der Waals surface area contributed by atoms with Crippen LogP contribution in [0.4, 0.5) is 4.79 Å². The molecule has 1 heterocycles. The fourth-order valence-electron chi connectivity index (χ4n) is 3.86. The number of hydrogen-bond acceptors (Lipinski definition) is 5. The molecule has 1 fully saturated rings. The molecule has 9 heteroatoms. The monoisotopic (exact) mass is 473 g/mol. The molecule has 33 heavy (non-hydrogen) atoms. The van der Waals surface area contributed by atoms with Crippen LogP contribution in [-0.2, 0) is 21.5 Å². The summed E-state index contributed by atoms with van der Waals surface area (Å²) in [6.45, 7) is 1.89. The number of urea groups is 1. The van der Waals surface area contributed by atoms with Gasteiger partial charge in [0, 0.05) is 18.6 Å². The maximum atomic E-state index is 13.2. The highest BCUT2D eigenvalue weighted by Gasteiger charge is 2.51. The smallest absolute Gasteiger partial charge is 0.325 e. The minimum absolute atomic E-state index is 0.331. The zero-order chi connectivity index (χ0) is 24.2. The number of carbonyl (C=O) groups is 3. The molecule has 176 valence electrons. The van der Waals surface area contributed by atoms with Gasteiger partial charge in [0.1, 0.15) is 12.1 Å². The van der Waals surface area contributed by atoms with Gasteiger partial charge in [-0.15, -0.1) is 0 Å². The summed E-state index contributed by atoms with van der Waals surface area (Å²) in [7, 11) is 4.78. The predicted molar refractivity (Wildman–Crippen MR) is 125 cm³/mol. The molecule has 1 atom stereocenters. The number of halogens is 1. The maximum absolute atomic E-state index is 13.2. The molecule has 0 aliphatic carbocycles. The summed E-state index contributed by atoms with van der Waals surface area (Å²) in [6.07, 6.45) is 0.922. The van der Waals surface area contributed by atoms with E-state index in [1.807, 2.05) is 25.1 Å². The molecular formula is C24H28ClN3O5. The Bertz CT molecular complexity index is 1040. The minimum Gasteiger partial charge on any atom is -0.493 e. The lowest BCUT2D eigenvalue weighted by Crippen LogP contribution is -2.45. The third-order valence-electron chi connectivity index (χ3n) is 5.95. The third-order valence-corrected chi connectivity index (χ3v) is 6.20. The average molecular weight is 474 g/mol. The molecule has 2 aromatic carbocycles. The molecule has 4 amide bonds. The Morgan fingerprint density at radius 2 is 1.76 bits per heavy atom. The number of likely N-dealkylation sites (N-methyl/N-ethyl adjacent to an activating group) is 1. The molecule has 2 aromatic rings. The topological polar surface area (TPSA) is 88.2 Å². The van der Waals surface area contributed by atoms with Gasteiger partial charge in [0.15, 0.2) is 11.5 Å². The molecule has 1 saturated heterocycles. The van der Waals surface area contributed by atoms with Crippen LogP contribution in [0.5, 0.6) is 11.5 Å². The van der Waals surface area contributed by atoms with Gasteiger partial charge in [-0.2, -0.15) is 0 Å². The van der Waals surface area contributed by atoms with Crippen molar-refractivity contribution in [2.45, 2.75) is 25.3 Å². The Morgan fingerprint density at radius 3 is 2.36 bits per heavy atom. The highest BCUT2D eigenvalue weighted by atomic mass is 35.5. The van der Waals surface area contributed by atoms with E-state index in [2.05, 4.69) is 5.32 Å². The maximum Gasteiger partial charge on any atom is 0.325 e. The van der Waals surface area contributed by atoms with Crippen molar-refractivity contribution in [1.82, 2.24) is 15.1 Å². The first-order chi connectivity index (χ1) is 15.7. The van der Waals surface area contributed by atoms with E-state index in [4.69, 9.17) is 21.1 Å². The zero-order valence-corrected chi connectivity index (χ0v) is 19.9. The highest BCUT2D eigenvalue weighted by molar-refractivity contribution is 6.30. The van der Waals surface area contributed by atoms with Gasteiger partial charge >= 0.3 is 6.03 Å². The van der Waals surface area contributed by atoms with E-state index in [0.717, 1.165) is 10.5 Å². The molecule has 8 nitrogen and oxygen atoms in total. The molecule has 0 aromatic heterocycles. The quantitative estimate of drug-likeness (QED) is 0.565. The van der Waals surface area contributed by atoms with Crippen molar-refractivity contribution in [2.24, 2.45) is 0 Å². The minimum atomic E-state index is -1.21. The van der Waals surface area contributed by atoms with Crippen molar-refractivity contribution in [3.05, 3.63) is 58.6 Å². The molecule has 0 bridgehead atoms. The standard InChI is InChI=1S/C24H28ClN3O5/c1-5-24(17-7-9-18(25)10-8-17)22(30)28(23(31)26-24)15-21(29)27(2)13-12-16-6-11-19(32-3)20(14-16)33-4/h6-11,14H,5,12-13,15H2,1-4H3,(H,26,31)/t24-/m1/s1. The van der Waals surface area contributed by atoms with Gasteiger partial charge < -0.3 is 19.7 Å². The van der Waals surface area contributed by atoms with Crippen LogP contribution in [0.25, 0.3) is 0 Å². The van der Waals surface area contributed by atoms with Crippen LogP contribution >= 0.6 is 11.6 Å². The normalized spacial score (nSPS) is 17.7. The molecule has 1 aliphatic rings. The Morgan fingerprint density at radius 1 is 1.09 bits per heavy atom. The van der Waals surface area contributed by atoms with Crippen molar-refractivity contribution in [3.63, 3.8) is 0 Å². The summed E-state index contributed by atoms with van der Waals surface area (Å²) in [6, 6.07) is 11.8. The van der Waals surface area contributed by atoms with Crippen LogP contribution in [0.3, 0.4) is 0 Å². The summed E-state index contributed by atoms with van der Waals surface area (Å²) < 4.78 is 10.6. The van der Waals surface area contributed by atoms with Crippen LogP contribution in [-0.4, -0.2) is 62.0 Å². The molecule has 0 unspecified atom stereocenters.